The summed E-state index contributed by atoms with van der Waals surface area (Å²) >= 11 is 0. The largest absolute Gasteiger partial charge is 0.436 e. The molecular weight excluding hydrogens is 370 g/mol. The number of carbonyl (C=O) groups excluding carboxylic acids is 3. The van der Waals surface area contributed by atoms with E-state index >= 15 is 0 Å². The third kappa shape index (κ3) is 4.23. The summed E-state index contributed by atoms with van der Waals surface area (Å²) in [5, 5.41) is 5.31. The van der Waals surface area contributed by atoms with Crippen LogP contribution >= 0.6 is 0 Å². The van der Waals surface area contributed by atoms with Gasteiger partial charge in [0.15, 0.2) is 6.10 Å². The maximum atomic E-state index is 13.2. The van der Waals surface area contributed by atoms with E-state index in [-0.39, 0.29) is 5.91 Å². The van der Waals surface area contributed by atoms with Gasteiger partial charge in [-0.05, 0) is 30.5 Å². The Morgan fingerprint density at radius 2 is 1.76 bits per heavy atom. The van der Waals surface area contributed by atoms with Gasteiger partial charge in [-0.3, -0.25) is 9.59 Å². The average Bonchev–Trinajstić information content (AvgIpc) is 2.82. The topological polar surface area (TPSA) is 87.7 Å². The van der Waals surface area contributed by atoms with E-state index in [1.165, 1.54) is 6.92 Å². The van der Waals surface area contributed by atoms with E-state index < -0.39 is 24.1 Å². The predicted octanol–water partition coefficient (Wildman–Crippen LogP) is 3.01. The molecule has 7 heteroatoms. The van der Waals surface area contributed by atoms with Gasteiger partial charge in [0.1, 0.15) is 6.04 Å². The maximum absolute atomic E-state index is 13.2. The summed E-state index contributed by atoms with van der Waals surface area (Å²) in [5.74, 6) is -0.803. The van der Waals surface area contributed by atoms with Gasteiger partial charge in [0, 0.05) is 19.2 Å². The number of fused-ring (bicyclic) bond motifs is 3. The molecule has 29 heavy (non-hydrogen) atoms. The normalized spacial score (nSPS) is 16.2. The number of rotatable bonds is 5. The highest BCUT2D eigenvalue weighted by Crippen LogP contribution is 2.39. The molecular formula is C22H25N3O4. The van der Waals surface area contributed by atoms with Crippen molar-refractivity contribution in [1.82, 2.24) is 10.6 Å². The molecule has 2 aromatic rings. The zero-order valence-electron chi connectivity index (χ0n) is 16.8. The number of nitrogens with one attached hydrogen (secondary N) is 2. The van der Waals surface area contributed by atoms with E-state index in [1.807, 2.05) is 55.5 Å². The molecule has 7 nitrogen and oxygen atoms in total. The smallest absolute Gasteiger partial charge is 0.407 e. The standard InChI is InChI=1S/C22H25N3O4/c1-4-13-23-22(28)29-14(2)20(26)24-19-17-11-6-5-9-15(17)16-10-7-8-12-18(16)25(3)21(19)27/h5-12,14,19H,4,13H2,1-3H3,(H,23,28)(H,24,26)/t14-,19-/m0/s1. The van der Waals surface area contributed by atoms with Crippen LogP contribution < -0.4 is 15.5 Å². The highest BCUT2D eigenvalue weighted by atomic mass is 16.6. The molecule has 0 unspecified atom stereocenters. The van der Waals surface area contributed by atoms with Crippen LogP contribution in [0.4, 0.5) is 10.5 Å². The number of hydrogen-bond acceptors (Lipinski definition) is 4. The van der Waals surface area contributed by atoms with E-state index in [4.69, 9.17) is 4.74 Å². The molecule has 0 radical (unpaired) electrons. The number of amides is 3. The van der Waals surface area contributed by atoms with E-state index in [0.717, 1.165) is 23.2 Å². The molecule has 2 aromatic carbocycles. The van der Waals surface area contributed by atoms with Crippen LogP contribution in [0.3, 0.4) is 0 Å². The van der Waals surface area contributed by atoms with Crippen LogP contribution in [0.15, 0.2) is 48.5 Å². The van der Waals surface area contributed by atoms with Crippen molar-refractivity contribution in [3.8, 4) is 11.1 Å². The molecule has 0 spiro atoms. The van der Waals surface area contributed by atoms with Crippen molar-refractivity contribution < 1.29 is 19.1 Å². The van der Waals surface area contributed by atoms with Gasteiger partial charge in [-0.1, -0.05) is 49.4 Å². The minimum atomic E-state index is -1.04. The van der Waals surface area contributed by atoms with Crippen molar-refractivity contribution in [2.45, 2.75) is 32.4 Å². The first-order valence-corrected chi connectivity index (χ1v) is 9.64. The lowest BCUT2D eigenvalue weighted by Crippen LogP contribution is -2.45. The number of alkyl carbamates (subject to hydrolysis) is 1. The zero-order chi connectivity index (χ0) is 21.0. The fourth-order valence-corrected chi connectivity index (χ4v) is 3.32. The molecule has 0 aliphatic carbocycles. The molecule has 2 atom stereocenters. The van der Waals surface area contributed by atoms with Gasteiger partial charge >= 0.3 is 6.09 Å². The third-order valence-corrected chi connectivity index (χ3v) is 4.86. The molecule has 0 bridgehead atoms. The molecule has 1 aliphatic heterocycles. The van der Waals surface area contributed by atoms with Crippen LogP contribution in [-0.4, -0.2) is 37.6 Å². The SMILES string of the molecule is CCCNC(=O)O[C@@H](C)C(=O)N[C@@H]1C(=O)N(C)c2ccccc2-c2ccccc21. The van der Waals surface area contributed by atoms with Crippen molar-refractivity contribution in [2.24, 2.45) is 0 Å². The molecule has 1 aliphatic rings. The van der Waals surface area contributed by atoms with Crippen molar-refractivity contribution in [2.75, 3.05) is 18.5 Å². The minimum absolute atomic E-state index is 0.265. The van der Waals surface area contributed by atoms with Crippen LogP contribution in [0.5, 0.6) is 0 Å². The van der Waals surface area contributed by atoms with Crippen LogP contribution in [0.2, 0.25) is 0 Å². The number of likely N-dealkylation sites (N-methyl/N-ethyl adjacent to an activating group) is 1. The van der Waals surface area contributed by atoms with E-state index in [0.29, 0.717) is 12.1 Å². The Morgan fingerprint density at radius 1 is 1.10 bits per heavy atom. The highest BCUT2D eigenvalue weighted by Gasteiger charge is 2.34. The van der Waals surface area contributed by atoms with Crippen molar-refractivity contribution >= 4 is 23.6 Å². The van der Waals surface area contributed by atoms with Gasteiger partial charge in [0.2, 0.25) is 0 Å². The monoisotopic (exact) mass is 395 g/mol. The molecule has 1 heterocycles. The number of hydrogen-bond donors (Lipinski definition) is 2. The van der Waals surface area contributed by atoms with Crippen LogP contribution in [0.25, 0.3) is 11.1 Å². The van der Waals surface area contributed by atoms with Crippen molar-refractivity contribution in [3.05, 3.63) is 54.1 Å². The Morgan fingerprint density at radius 3 is 2.48 bits per heavy atom. The zero-order valence-corrected chi connectivity index (χ0v) is 16.8. The van der Waals surface area contributed by atoms with Gasteiger partial charge in [-0.25, -0.2) is 4.79 Å². The summed E-state index contributed by atoms with van der Waals surface area (Å²) in [6.45, 7) is 3.86. The van der Waals surface area contributed by atoms with Gasteiger partial charge in [0.05, 0.1) is 5.69 Å². The maximum Gasteiger partial charge on any atom is 0.407 e. The summed E-state index contributed by atoms with van der Waals surface area (Å²) in [5.41, 5.74) is 3.26. The molecule has 0 saturated heterocycles. The molecule has 152 valence electrons. The fraction of sp³-hybridized carbons (Fsp3) is 0.318. The summed E-state index contributed by atoms with van der Waals surface area (Å²) in [7, 11) is 1.68. The highest BCUT2D eigenvalue weighted by molar-refractivity contribution is 6.06. The second-order valence-electron chi connectivity index (χ2n) is 6.92. The summed E-state index contributed by atoms with van der Waals surface area (Å²) < 4.78 is 5.11. The lowest BCUT2D eigenvalue weighted by molar-refractivity contribution is -0.132. The molecule has 2 N–H and O–H groups in total. The average molecular weight is 395 g/mol. The Bertz CT molecular complexity index is 928. The van der Waals surface area contributed by atoms with Gasteiger partial charge in [-0.15, -0.1) is 0 Å². The quantitative estimate of drug-likeness (QED) is 0.815. The fourth-order valence-electron chi connectivity index (χ4n) is 3.32. The van der Waals surface area contributed by atoms with Crippen LogP contribution in [-0.2, 0) is 14.3 Å². The second-order valence-corrected chi connectivity index (χ2v) is 6.92. The second kappa shape index (κ2) is 8.77. The number of carbonyl (C=O) groups is 3. The molecule has 0 fully saturated rings. The summed E-state index contributed by atoms with van der Waals surface area (Å²) in [4.78, 5) is 39.1. The Kier molecular flexibility index (Phi) is 6.16. The van der Waals surface area contributed by atoms with Crippen molar-refractivity contribution in [3.63, 3.8) is 0 Å². The summed E-state index contributed by atoms with van der Waals surface area (Å²) in [6.07, 6.45) is -0.940. The number of benzene rings is 2. The van der Waals surface area contributed by atoms with E-state index in [9.17, 15) is 14.4 Å². The summed E-state index contributed by atoms with van der Waals surface area (Å²) in [6, 6.07) is 14.2. The Balaban J connectivity index is 1.87. The third-order valence-electron chi connectivity index (χ3n) is 4.86. The van der Waals surface area contributed by atoms with E-state index in [1.54, 1.807) is 11.9 Å². The lowest BCUT2D eigenvalue weighted by Gasteiger charge is -2.24. The number of anilines is 1. The Hall–Kier alpha value is -3.35. The first kappa shape index (κ1) is 20.4. The minimum Gasteiger partial charge on any atom is -0.436 e. The van der Waals surface area contributed by atoms with Gasteiger partial charge < -0.3 is 20.3 Å². The number of para-hydroxylation sites is 1. The van der Waals surface area contributed by atoms with Crippen molar-refractivity contribution in [1.29, 1.82) is 0 Å². The van der Waals surface area contributed by atoms with E-state index in [2.05, 4.69) is 10.6 Å². The van der Waals surface area contributed by atoms with Crippen LogP contribution in [0, 0.1) is 0 Å². The molecule has 0 aromatic heterocycles. The van der Waals surface area contributed by atoms with Gasteiger partial charge in [-0.2, -0.15) is 0 Å². The van der Waals surface area contributed by atoms with Gasteiger partial charge in [0.25, 0.3) is 11.8 Å². The molecule has 3 rings (SSSR count). The van der Waals surface area contributed by atoms with Crippen LogP contribution in [0.1, 0.15) is 31.9 Å². The Labute approximate surface area is 170 Å². The lowest BCUT2D eigenvalue weighted by atomic mass is 9.95. The predicted molar refractivity (Wildman–Crippen MR) is 110 cm³/mol. The number of ether oxygens (including phenoxy) is 1. The molecule has 0 saturated carbocycles. The number of nitrogens with zero attached hydrogens (tertiary/aromatic N) is 1. The first-order valence-electron chi connectivity index (χ1n) is 9.64. The first-order chi connectivity index (χ1) is 13.9. The molecule has 3 amide bonds.